The van der Waals surface area contributed by atoms with Gasteiger partial charge in [0, 0.05) is 19.6 Å². The van der Waals surface area contributed by atoms with Gasteiger partial charge in [0.05, 0.1) is 6.67 Å². The number of nitrogens with two attached hydrogens (primary N) is 1. The Bertz CT molecular complexity index is 194. The SMILES string of the molecule is CC1CCCN(C(N)=NCCCF)C1. The maximum atomic E-state index is 11.8. The number of aliphatic imine (C=N–C) groups is 1. The van der Waals surface area contributed by atoms with E-state index in [1.54, 1.807) is 0 Å². The number of likely N-dealkylation sites (tertiary alicyclic amines) is 1. The van der Waals surface area contributed by atoms with Crippen LogP contribution in [0.3, 0.4) is 0 Å². The average molecular weight is 201 g/mol. The predicted molar refractivity (Wildman–Crippen MR) is 57.1 cm³/mol. The molecule has 1 aliphatic rings. The predicted octanol–water partition coefficient (Wildman–Crippen LogP) is 1.39. The van der Waals surface area contributed by atoms with Gasteiger partial charge in [0.2, 0.25) is 0 Å². The Hall–Kier alpha value is -0.800. The number of hydrogen-bond acceptors (Lipinski definition) is 1. The molecule has 1 heterocycles. The normalized spacial score (nSPS) is 24.0. The van der Waals surface area contributed by atoms with Crippen LogP contribution in [0, 0.1) is 5.92 Å². The molecular formula is C10H20FN3. The quantitative estimate of drug-likeness (QED) is 0.426. The second kappa shape index (κ2) is 5.83. The van der Waals surface area contributed by atoms with E-state index in [1.165, 1.54) is 12.8 Å². The zero-order valence-electron chi connectivity index (χ0n) is 8.88. The number of hydrogen-bond donors (Lipinski definition) is 1. The summed E-state index contributed by atoms with van der Waals surface area (Å²) in [5.41, 5.74) is 5.80. The third-order valence-electron chi connectivity index (χ3n) is 2.55. The van der Waals surface area contributed by atoms with E-state index in [-0.39, 0.29) is 6.67 Å². The van der Waals surface area contributed by atoms with Crippen molar-refractivity contribution in [2.45, 2.75) is 26.2 Å². The van der Waals surface area contributed by atoms with Gasteiger partial charge in [-0.25, -0.2) is 0 Å². The molecule has 1 rings (SSSR count). The van der Waals surface area contributed by atoms with E-state index in [1.807, 2.05) is 0 Å². The molecule has 14 heavy (non-hydrogen) atoms. The fourth-order valence-corrected chi connectivity index (χ4v) is 1.75. The van der Waals surface area contributed by atoms with Gasteiger partial charge in [0.15, 0.2) is 5.96 Å². The maximum Gasteiger partial charge on any atom is 0.191 e. The Kier molecular flexibility index (Phi) is 4.70. The minimum Gasteiger partial charge on any atom is -0.370 e. The van der Waals surface area contributed by atoms with Crippen molar-refractivity contribution in [3.8, 4) is 0 Å². The van der Waals surface area contributed by atoms with Gasteiger partial charge in [-0.05, 0) is 25.2 Å². The van der Waals surface area contributed by atoms with Crippen molar-refractivity contribution in [1.82, 2.24) is 4.90 Å². The maximum absolute atomic E-state index is 11.8. The molecule has 82 valence electrons. The highest BCUT2D eigenvalue weighted by molar-refractivity contribution is 5.78. The van der Waals surface area contributed by atoms with Crippen molar-refractivity contribution < 1.29 is 4.39 Å². The summed E-state index contributed by atoms with van der Waals surface area (Å²) in [5, 5.41) is 0. The lowest BCUT2D eigenvalue weighted by atomic mass is 10.0. The van der Waals surface area contributed by atoms with Gasteiger partial charge in [-0.2, -0.15) is 0 Å². The first-order chi connectivity index (χ1) is 6.74. The lowest BCUT2D eigenvalue weighted by Gasteiger charge is -2.31. The zero-order valence-corrected chi connectivity index (χ0v) is 8.88. The van der Waals surface area contributed by atoms with Crippen molar-refractivity contribution in [1.29, 1.82) is 0 Å². The van der Waals surface area contributed by atoms with Crippen LogP contribution in [0.2, 0.25) is 0 Å². The minimum atomic E-state index is -0.312. The van der Waals surface area contributed by atoms with Crippen molar-refractivity contribution in [3.05, 3.63) is 0 Å². The van der Waals surface area contributed by atoms with Gasteiger partial charge < -0.3 is 10.6 Å². The summed E-state index contributed by atoms with van der Waals surface area (Å²) in [5.74, 6) is 1.28. The van der Waals surface area contributed by atoms with E-state index >= 15 is 0 Å². The fourth-order valence-electron chi connectivity index (χ4n) is 1.75. The molecule has 3 nitrogen and oxygen atoms in total. The van der Waals surface area contributed by atoms with E-state index in [0.29, 0.717) is 24.8 Å². The highest BCUT2D eigenvalue weighted by atomic mass is 19.1. The van der Waals surface area contributed by atoms with E-state index in [4.69, 9.17) is 5.73 Å². The van der Waals surface area contributed by atoms with Gasteiger partial charge in [-0.3, -0.25) is 9.38 Å². The number of alkyl halides is 1. The minimum absolute atomic E-state index is 0.312. The summed E-state index contributed by atoms with van der Waals surface area (Å²) in [6, 6.07) is 0. The third kappa shape index (κ3) is 3.52. The van der Waals surface area contributed by atoms with Gasteiger partial charge in [-0.15, -0.1) is 0 Å². The second-order valence-electron chi connectivity index (χ2n) is 3.98. The summed E-state index contributed by atoms with van der Waals surface area (Å²) in [6.07, 6.45) is 2.93. The smallest absolute Gasteiger partial charge is 0.191 e. The van der Waals surface area contributed by atoms with Crippen LogP contribution in [0.15, 0.2) is 4.99 Å². The summed E-state index contributed by atoms with van der Waals surface area (Å²) < 4.78 is 11.8. The molecule has 0 spiro atoms. The summed E-state index contributed by atoms with van der Waals surface area (Å²) in [4.78, 5) is 6.26. The molecular weight excluding hydrogens is 181 g/mol. The molecule has 0 aromatic carbocycles. The van der Waals surface area contributed by atoms with Crippen molar-refractivity contribution in [3.63, 3.8) is 0 Å². The van der Waals surface area contributed by atoms with Crippen LogP contribution in [-0.4, -0.2) is 37.2 Å². The van der Waals surface area contributed by atoms with Gasteiger partial charge >= 0.3 is 0 Å². The first-order valence-electron chi connectivity index (χ1n) is 5.35. The van der Waals surface area contributed by atoms with Crippen LogP contribution in [-0.2, 0) is 0 Å². The topological polar surface area (TPSA) is 41.6 Å². The molecule has 1 aliphatic heterocycles. The second-order valence-corrected chi connectivity index (χ2v) is 3.98. The number of halogens is 1. The Morgan fingerprint density at radius 3 is 3.07 bits per heavy atom. The molecule has 0 aromatic rings. The largest absolute Gasteiger partial charge is 0.370 e. The van der Waals surface area contributed by atoms with E-state index in [0.717, 1.165) is 13.1 Å². The van der Waals surface area contributed by atoms with Gasteiger partial charge in [0.1, 0.15) is 0 Å². The molecule has 2 N–H and O–H groups in total. The summed E-state index contributed by atoms with van der Waals surface area (Å²) in [7, 11) is 0. The number of nitrogens with zero attached hydrogens (tertiary/aromatic N) is 2. The molecule has 0 aromatic heterocycles. The Morgan fingerprint density at radius 2 is 2.43 bits per heavy atom. The Labute approximate surface area is 85.2 Å². The average Bonchev–Trinajstić information content (AvgIpc) is 2.18. The molecule has 1 atom stereocenters. The summed E-state index contributed by atoms with van der Waals surface area (Å²) in [6.45, 7) is 4.40. The molecule has 1 unspecified atom stereocenters. The van der Waals surface area contributed by atoms with Crippen LogP contribution in [0.1, 0.15) is 26.2 Å². The third-order valence-corrected chi connectivity index (χ3v) is 2.55. The number of rotatable bonds is 3. The molecule has 1 fully saturated rings. The van der Waals surface area contributed by atoms with Crippen molar-refractivity contribution >= 4 is 5.96 Å². The van der Waals surface area contributed by atoms with Crippen molar-refractivity contribution in [2.75, 3.05) is 26.3 Å². The van der Waals surface area contributed by atoms with E-state index in [2.05, 4.69) is 16.8 Å². The van der Waals surface area contributed by atoms with Gasteiger partial charge in [-0.1, -0.05) is 6.92 Å². The first-order valence-corrected chi connectivity index (χ1v) is 5.35. The van der Waals surface area contributed by atoms with Crippen LogP contribution < -0.4 is 5.73 Å². The Balaban J connectivity index is 2.34. The van der Waals surface area contributed by atoms with Crippen LogP contribution >= 0.6 is 0 Å². The van der Waals surface area contributed by atoms with E-state index < -0.39 is 0 Å². The lowest BCUT2D eigenvalue weighted by molar-refractivity contribution is 0.270. The molecule has 0 aliphatic carbocycles. The molecule has 0 amide bonds. The standard InChI is InChI=1S/C10H20FN3/c1-9-4-2-7-14(8-9)10(12)13-6-3-5-11/h9H,2-8H2,1H3,(H2,12,13). The number of guanidine groups is 1. The zero-order chi connectivity index (χ0) is 10.4. The van der Waals surface area contributed by atoms with Crippen LogP contribution in [0.25, 0.3) is 0 Å². The molecule has 4 heteroatoms. The first kappa shape index (κ1) is 11.3. The monoisotopic (exact) mass is 201 g/mol. The van der Waals surface area contributed by atoms with Gasteiger partial charge in [0.25, 0.3) is 0 Å². The van der Waals surface area contributed by atoms with Crippen LogP contribution in [0.4, 0.5) is 4.39 Å². The van der Waals surface area contributed by atoms with Crippen LogP contribution in [0.5, 0.6) is 0 Å². The molecule has 0 radical (unpaired) electrons. The molecule has 0 bridgehead atoms. The molecule has 1 saturated heterocycles. The fraction of sp³-hybridized carbons (Fsp3) is 0.900. The Morgan fingerprint density at radius 1 is 1.64 bits per heavy atom. The summed E-state index contributed by atoms with van der Waals surface area (Å²) >= 11 is 0. The molecule has 0 saturated carbocycles. The highest BCUT2D eigenvalue weighted by Crippen LogP contribution is 2.14. The number of piperidine rings is 1. The van der Waals surface area contributed by atoms with Crippen molar-refractivity contribution in [2.24, 2.45) is 16.6 Å². The van der Waals surface area contributed by atoms with E-state index in [9.17, 15) is 4.39 Å². The lowest BCUT2D eigenvalue weighted by Crippen LogP contribution is -2.43. The highest BCUT2D eigenvalue weighted by Gasteiger charge is 2.17.